The van der Waals surface area contributed by atoms with Gasteiger partial charge in [-0.2, -0.15) is 0 Å². The number of aryl methyl sites for hydroxylation is 1. The molecule has 21 heavy (non-hydrogen) atoms. The van der Waals surface area contributed by atoms with Gasteiger partial charge in [0.15, 0.2) is 5.84 Å². The van der Waals surface area contributed by atoms with E-state index in [1.54, 1.807) is 6.20 Å². The second kappa shape index (κ2) is 6.76. The standard InChI is InChI=1S/C15H25N5O/c1-11-4-7-17-15(13(11)14(16)18-21)20(3)10-12-5-8-19(2)9-6-12/h4,7,12,21H,5-6,8-10H2,1-3H3,(H2,16,18). The molecule has 0 amide bonds. The van der Waals surface area contributed by atoms with Crippen LogP contribution in [0.1, 0.15) is 24.0 Å². The third-order valence-corrected chi connectivity index (χ3v) is 4.23. The summed E-state index contributed by atoms with van der Waals surface area (Å²) in [5.74, 6) is 1.56. The van der Waals surface area contributed by atoms with Crippen LogP contribution in [0.25, 0.3) is 0 Å². The van der Waals surface area contributed by atoms with Gasteiger partial charge in [0.05, 0.1) is 5.56 Å². The zero-order valence-electron chi connectivity index (χ0n) is 13.1. The molecule has 116 valence electrons. The number of nitrogens with two attached hydrogens (primary N) is 1. The van der Waals surface area contributed by atoms with Gasteiger partial charge in [0, 0.05) is 19.8 Å². The number of rotatable bonds is 4. The van der Waals surface area contributed by atoms with Crippen LogP contribution in [0.5, 0.6) is 0 Å². The Kier molecular flexibility index (Phi) is 5.01. The summed E-state index contributed by atoms with van der Waals surface area (Å²) < 4.78 is 0. The fraction of sp³-hybridized carbons (Fsp3) is 0.600. The van der Waals surface area contributed by atoms with Gasteiger partial charge in [-0.05, 0) is 57.5 Å². The molecule has 0 atom stereocenters. The van der Waals surface area contributed by atoms with Crippen LogP contribution in [0.3, 0.4) is 0 Å². The van der Waals surface area contributed by atoms with E-state index in [1.807, 2.05) is 20.0 Å². The highest BCUT2D eigenvalue weighted by molar-refractivity contribution is 6.02. The van der Waals surface area contributed by atoms with Crippen molar-refractivity contribution in [3.8, 4) is 0 Å². The lowest BCUT2D eigenvalue weighted by atomic mass is 9.96. The van der Waals surface area contributed by atoms with Crippen molar-refractivity contribution >= 4 is 11.7 Å². The molecule has 6 heteroatoms. The second-order valence-corrected chi connectivity index (χ2v) is 5.94. The van der Waals surface area contributed by atoms with E-state index >= 15 is 0 Å². The summed E-state index contributed by atoms with van der Waals surface area (Å²) in [6.07, 6.45) is 4.17. The van der Waals surface area contributed by atoms with Gasteiger partial charge in [-0.25, -0.2) is 4.98 Å². The van der Waals surface area contributed by atoms with Crippen molar-refractivity contribution in [1.82, 2.24) is 9.88 Å². The van der Waals surface area contributed by atoms with Crippen LogP contribution < -0.4 is 10.6 Å². The van der Waals surface area contributed by atoms with E-state index in [0.29, 0.717) is 5.92 Å². The van der Waals surface area contributed by atoms with Gasteiger partial charge in [0.1, 0.15) is 5.82 Å². The molecule has 0 radical (unpaired) electrons. The Morgan fingerprint density at radius 2 is 2.19 bits per heavy atom. The number of likely N-dealkylation sites (tertiary alicyclic amines) is 1. The Morgan fingerprint density at radius 3 is 2.81 bits per heavy atom. The molecule has 1 aromatic rings. The van der Waals surface area contributed by atoms with E-state index in [-0.39, 0.29) is 5.84 Å². The molecule has 0 saturated carbocycles. The largest absolute Gasteiger partial charge is 0.409 e. The number of hydrogen-bond acceptors (Lipinski definition) is 5. The van der Waals surface area contributed by atoms with Crippen molar-refractivity contribution in [1.29, 1.82) is 0 Å². The van der Waals surface area contributed by atoms with Crippen molar-refractivity contribution in [2.75, 3.05) is 38.6 Å². The molecule has 1 aromatic heterocycles. The predicted octanol–water partition coefficient (Wildman–Crippen LogP) is 1.26. The average molecular weight is 291 g/mol. The van der Waals surface area contributed by atoms with E-state index in [4.69, 9.17) is 10.9 Å². The number of hydrogen-bond donors (Lipinski definition) is 2. The van der Waals surface area contributed by atoms with Crippen LogP contribution in [0.4, 0.5) is 5.82 Å². The topological polar surface area (TPSA) is 78.0 Å². The number of oxime groups is 1. The SMILES string of the molecule is Cc1ccnc(N(C)CC2CCN(C)CC2)c1/C(N)=N/O. The third kappa shape index (κ3) is 3.64. The van der Waals surface area contributed by atoms with Crippen molar-refractivity contribution < 1.29 is 5.21 Å². The maximum atomic E-state index is 8.98. The van der Waals surface area contributed by atoms with Crippen molar-refractivity contribution in [3.63, 3.8) is 0 Å². The first-order chi connectivity index (χ1) is 10.0. The molecule has 0 bridgehead atoms. The van der Waals surface area contributed by atoms with E-state index in [2.05, 4.69) is 27.0 Å². The molecule has 0 aromatic carbocycles. The molecule has 1 aliphatic rings. The molecule has 2 rings (SSSR count). The minimum Gasteiger partial charge on any atom is -0.409 e. The van der Waals surface area contributed by atoms with Gasteiger partial charge in [0.25, 0.3) is 0 Å². The lowest BCUT2D eigenvalue weighted by Crippen LogP contribution is -2.36. The molecule has 3 N–H and O–H groups in total. The molecule has 2 heterocycles. The summed E-state index contributed by atoms with van der Waals surface area (Å²) in [4.78, 5) is 8.92. The van der Waals surface area contributed by atoms with E-state index in [1.165, 1.54) is 12.8 Å². The molecule has 0 aliphatic carbocycles. The number of aromatic nitrogens is 1. The quantitative estimate of drug-likeness (QED) is 0.378. The van der Waals surface area contributed by atoms with Crippen LogP contribution in [-0.2, 0) is 0 Å². The highest BCUT2D eigenvalue weighted by Gasteiger charge is 2.21. The summed E-state index contributed by atoms with van der Waals surface area (Å²) in [5.41, 5.74) is 7.49. The average Bonchev–Trinajstić information content (AvgIpc) is 2.48. The first-order valence-electron chi connectivity index (χ1n) is 7.36. The molecular weight excluding hydrogens is 266 g/mol. The Hall–Kier alpha value is -1.82. The first kappa shape index (κ1) is 15.6. The Morgan fingerprint density at radius 1 is 1.52 bits per heavy atom. The van der Waals surface area contributed by atoms with Gasteiger partial charge in [-0.3, -0.25) is 0 Å². The normalized spacial score (nSPS) is 18.0. The second-order valence-electron chi connectivity index (χ2n) is 5.94. The molecule has 1 saturated heterocycles. The summed E-state index contributed by atoms with van der Waals surface area (Å²) in [6.45, 7) is 5.18. The highest BCUT2D eigenvalue weighted by atomic mass is 16.4. The fourth-order valence-corrected chi connectivity index (χ4v) is 2.92. The minimum atomic E-state index is 0.117. The third-order valence-electron chi connectivity index (χ3n) is 4.23. The van der Waals surface area contributed by atoms with Crippen molar-refractivity contribution in [3.05, 3.63) is 23.4 Å². The maximum absolute atomic E-state index is 8.98. The Bertz CT molecular complexity index is 509. The molecule has 1 fully saturated rings. The minimum absolute atomic E-state index is 0.117. The number of pyridine rings is 1. The van der Waals surface area contributed by atoms with Crippen LogP contribution in [0.2, 0.25) is 0 Å². The molecule has 6 nitrogen and oxygen atoms in total. The summed E-state index contributed by atoms with van der Waals surface area (Å²) in [5, 5.41) is 12.1. The zero-order valence-corrected chi connectivity index (χ0v) is 13.1. The van der Waals surface area contributed by atoms with Crippen LogP contribution in [-0.4, -0.2) is 54.7 Å². The van der Waals surface area contributed by atoms with Crippen molar-refractivity contribution in [2.45, 2.75) is 19.8 Å². The van der Waals surface area contributed by atoms with Gasteiger partial charge in [-0.15, -0.1) is 0 Å². The molecular formula is C15H25N5O. The van der Waals surface area contributed by atoms with E-state index in [0.717, 1.165) is 36.6 Å². The fourth-order valence-electron chi connectivity index (χ4n) is 2.92. The number of nitrogens with zero attached hydrogens (tertiary/aromatic N) is 4. The van der Waals surface area contributed by atoms with Gasteiger partial charge < -0.3 is 20.7 Å². The summed E-state index contributed by atoms with van der Waals surface area (Å²) in [6, 6.07) is 1.88. The maximum Gasteiger partial charge on any atom is 0.174 e. The first-order valence-corrected chi connectivity index (χ1v) is 7.36. The van der Waals surface area contributed by atoms with E-state index in [9.17, 15) is 0 Å². The van der Waals surface area contributed by atoms with Gasteiger partial charge >= 0.3 is 0 Å². The zero-order chi connectivity index (χ0) is 15.4. The van der Waals surface area contributed by atoms with Crippen molar-refractivity contribution in [2.24, 2.45) is 16.8 Å². The Labute approximate surface area is 126 Å². The van der Waals surface area contributed by atoms with Gasteiger partial charge in [0.2, 0.25) is 0 Å². The predicted molar refractivity (Wildman–Crippen MR) is 85.0 cm³/mol. The summed E-state index contributed by atoms with van der Waals surface area (Å²) in [7, 11) is 4.19. The number of piperidine rings is 1. The lowest BCUT2D eigenvalue weighted by Gasteiger charge is -2.32. The monoisotopic (exact) mass is 291 g/mol. The number of amidine groups is 1. The molecule has 0 unspecified atom stereocenters. The molecule has 0 spiro atoms. The van der Waals surface area contributed by atoms with E-state index < -0.39 is 0 Å². The Balaban J connectivity index is 2.15. The van der Waals surface area contributed by atoms with Crippen LogP contribution in [0.15, 0.2) is 17.4 Å². The van der Waals surface area contributed by atoms with Gasteiger partial charge in [-0.1, -0.05) is 5.16 Å². The smallest absolute Gasteiger partial charge is 0.174 e. The number of anilines is 1. The van der Waals surface area contributed by atoms with Crippen LogP contribution in [0, 0.1) is 12.8 Å². The summed E-state index contributed by atoms with van der Waals surface area (Å²) >= 11 is 0. The highest BCUT2D eigenvalue weighted by Crippen LogP contribution is 2.23. The van der Waals surface area contributed by atoms with Crippen LogP contribution >= 0.6 is 0 Å². The lowest BCUT2D eigenvalue weighted by molar-refractivity contribution is 0.222. The molecule has 1 aliphatic heterocycles.